The SMILES string of the molecule is C[SH+](=O)C(CCNC(=O)c1ccc(-c2cccs2)s1)C(=O)NO. The van der Waals surface area contributed by atoms with Crippen LogP contribution in [0.25, 0.3) is 9.75 Å². The van der Waals surface area contributed by atoms with Crippen molar-refractivity contribution in [2.24, 2.45) is 0 Å². The Bertz CT molecular complexity index is 697. The van der Waals surface area contributed by atoms with E-state index in [4.69, 9.17) is 5.21 Å². The summed E-state index contributed by atoms with van der Waals surface area (Å²) in [7, 11) is -1.78. The average Bonchev–Trinajstić information content (AvgIpc) is 3.20. The van der Waals surface area contributed by atoms with E-state index in [9.17, 15) is 13.8 Å². The van der Waals surface area contributed by atoms with E-state index in [0.29, 0.717) is 4.88 Å². The molecule has 0 fully saturated rings. The lowest BCUT2D eigenvalue weighted by atomic mass is 10.3. The van der Waals surface area contributed by atoms with Gasteiger partial charge in [0.2, 0.25) is 5.25 Å². The maximum absolute atomic E-state index is 12.1. The Labute approximate surface area is 144 Å². The van der Waals surface area contributed by atoms with Crippen LogP contribution < -0.4 is 10.8 Å². The number of thiophene rings is 2. The van der Waals surface area contributed by atoms with Gasteiger partial charge in [0.15, 0.2) is 0 Å². The van der Waals surface area contributed by atoms with E-state index in [2.05, 4.69) is 5.32 Å². The fraction of sp³-hybridized carbons (Fsp3) is 0.286. The lowest BCUT2D eigenvalue weighted by Gasteiger charge is -2.08. The Morgan fingerprint density at radius 1 is 1.30 bits per heavy atom. The van der Waals surface area contributed by atoms with Crippen LogP contribution in [0.4, 0.5) is 0 Å². The Kier molecular flexibility index (Phi) is 6.46. The summed E-state index contributed by atoms with van der Waals surface area (Å²) in [5.41, 5.74) is 1.50. The van der Waals surface area contributed by atoms with Crippen molar-refractivity contribution in [1.82, 2.24) is 10.8 Å². The van der Waals surface area contributed by atoms with Crippen molar-refractivity contribution in [2.75, 3.05) is 12.8 Å². The van der Waals surface area contributed by atoms with Crippen LogP contribution in [0.15, 0.2) is 29.6 Å². The number of rotatable bonds is 7. The highest BCUT2D eigenvalue weighted by molar-refractivity contribution is 7.85. The molecule has 0 aliphatic rings. The topological polar surface area (TPSA) is 95.5 Å². The molecule has 0 radical (unpaired) electrons. The first kappa shape index (κ1) is 17.8. The van der Waals surface area contributed by atoms with Crippen molar-refractivity contribution in [2.45, 2.75) is 11.7 Å². The van der Waals surface area contributed by atoms with E-state index < -0.39 is 22.0 Å². The van der Waals surface area contributed by atoms with Crippen LogP contribution in [0.3, 0.4) is 0 Å². The van der Waals surface area contributed by atoms with E-state index in [1.54, 1.807) is 17.4 Å². The summed E-state index contributed by atoms with van der Waals surface area (Å²) in [5, 5.41) is 12.5. The van der Waals surface area contributed by atoms with Gasteiger partial charge < -0.3 is 5.32 Å². The van der Waals surface area contributed by atoms with Crippen LogP contribution in [0.5, 0.6) is 0 Å². The molecule has 124 valence electrons. The molecule has 0 aliphatic heterocycles. The number of carbonyl (C=O) groups excluding carboxylic acids is 2. The van der Waals surface area contributed by atoms with Crippen LogP contribution in [-0.4, -0.2) is 35.1 Å². The molecule has 2 heterocycles. The lowest BCUT2D eigenvalue weighted by molar-refractivity contribution is -0.128. The second kappa shape index (κ2) is 8.34. The molecule has 2 amide bonds. The van der Waals surface area contributed by atoms with Gasteiger partial charge in [-0.15, -0.1) is 26.9 Å². The summed E-state index contributed by atoms with van der Waals surface area (Å²) in [6, 6.07) is 7.61. The normalized spacial score (nSPS) is 13.3. The lowest BCUT2D eigenvalue weighted by Crippen LogP contribution is -2.38. The summed E-state index contributed by atoms with van der Waals surface area (Å²) < 4.78 is 11.5. The molecule has 0 aromatic carbocycles. The van der Waals surface area contributed by atoms with Gasteiger partial charge in [-0.1, -0.05) is 6.07 Å². The minimum Gasteiger partial charge on any atom is -0.351 e. The summed E-state index contributed by atoms with van der Waals surface area (Å²) in [6.07, 6.45) is 1.62. The first-order valence-corrected chi connectivity index (χ1v) is 10.3. The fourth-order valence-corrected chi connectivity index (χ4v) is 4.61. The molecule has 0 saturated carbocycles. The van der Waals surface area contributed by atoms with E-state index >= 15 is 0 Å². The van der Waals surface area contributed by atoms with E-state index in [-0.39, 0.29) is 18.9 Å². The fourth-order valence-electron chi connectivity index (χ4n) is 1.97. The highest BCUT2D eigenvalue weighted by Crippen LogP contribution is 2.31. The number of hydrogen-bond acceptors (Lipinski definition) is 6. The summed E-state index contributed by atoms with van der Waals surface area (Å²) in [6.45, 7) is 0.206. The van der Waals surface area contributed by atoms with Crippen LogP contribution in [0, 0.1) is 0 Å². The molecule has 0 spiro atoms. The predicted octanol–water partition coefficient (Wildman–Crippen LogP) is 1.80. The number of hydrogen-bond donors (Lipinski definition) is 3. The molecule has 9 heteroatoms. The van der Waals surface area contributed by atoms with Crippen molar-refractivity contribution in [3.8, 4) is 9.75 Å². The van der Waals surface area contributed by atoms with Crippen LogP contribution in [0.2, 0.25) is 0 Å². The zero-order valence-electron chi connectivity index (χ0n) is 12.3. The van der Waals surface area contributed by atoms with Crippen molar-refractivity contribution >= 4 is 45.3 Å². The van der Waals surface area contributed by atoms with Gasteiger partial charge in [0.25, 0.3) is 11.8 Å². The average molecular weight is 374 g/mol. The van der Waals surface area contributed by atoms with Gasteiger partial charge in [0, 0.05) is 22.7 Å². The van der Waals surface area contributed by atoms with E-state index in [1.807, 2.05) is 23.6 Å². The summed E-state index contributed by atoms with van der Waals surface area (Å²) >= 11 is 3.01. The maximum Gasteiger partial charge on any atom is 0.295 e. The van der Waals surface area contributed by atoms with Crippen LogP contribution in [0.1, 0.15) is 16.1 Å². The Hall–Kier alpha value is -1.55. The largest absolute Gasteiger partial charge is 0.351 e. The molecule has 2 aromatic rings. The summed E-state index contributed by atoms with van der Waals surface area (Å²) in [5.74, 6) is -0.925. The minimum absolute atomic E-state index is 0.201. The Morgan fingerprint density at radius 2 is 2.09 bits per heavy atom. The molecule has 0 saturated heterocycles. The number of nitrogens with one attached hydrogen (secondary N) is 2. The van der Waals surface area contributed by atoms with Crippen LogP contribution >= 0.6 is 22.7 Å². The molecular weight excluding hydrogens is 356 g/mol. The number of thiol groups is 1. The molecule has 2 aromatic heterocycles. The molecule has 2 atom stereocenters. The number of carbonyl (C=O) groups is 2. The molecule has 23 heavy (non-hydrogen) atoms. The van der Waals surface area contributed by atoms with E-state index in [1.165, 1.54) is 23.1 Å². The Morgan fingerprint density at radius 3 is 2.70 bits per heavy atom. The molecule has 2 rings (SSSR count). The molecule has 6 nitrogen and oxygen atoms in total. The third kappa shape index (κ3) is 4.71. The molecule has 0 bridgehead atoms. The van der Waals surface area contributed by atoms with Gasteiger partial charge in [-0.05, 0) is 23.6 Å². The Balaban J connectivity index is 1.90. The molecular formula is C14H17N2O4S3+. The first-order chi connectivity index (χ1) is 11.0. The monoisotopic (exact) mass is 373 g/mol. The smallest absolute Gasteiger partial charge is 0.295 e. The minimum atomic E-state index is -1.78. The van der Waals surface area contributed by atoms with Gasteiger partial charge in [0.05, 0.1) is 15.7 Å². The summed E-state index contributed by atoms with van der Waals surface area (Å²) in [4.78, 5) is 26.2. The van der Waals surface area contributed by atoms with Crippen molar-refractivity contribution in [1.29, 1.82) is 0 Å². The third-order valence-electron chi connectivity index (χ3n) is 3.15. The highest BCUT2D eigenvalue weighted by Gasteiger charge is 2.27. The third-order valence-corrected chi connectivity index (χ3v) is 6.67. The van der Waals surface area contributed by atoms with Gasteiger partial charge in [0.1, 0.15) is 6.26 Å². The number of hydroxylamine groups is 1. The van der Waals surface area contributed by atoms with Crippen LogP contribution in [-0.2, 0) is 19.8 Å². The molecule has 3 N–H and O–H groups in total. The second-order valence-corrected chi connectivity index (χ2v) is 8.47. The number of amides is 2. The predicted molar refractivity (Wildman–Crippen MR) is 93.7 cm³/mol. The van der Waals surface area contributed by atoms with Gasteiger partial charge >= 0.3 is 0 Å². The van der Waals surface area contributed by atoms with Crippen molar-refractivity contribution < 1.29 is 19.0 Å². The van der Waals surface area contributed by atoms with Crippen molar-refractivity contribution in [3.63, 3.8) is 0 Å². The first-order valence-electron chi connectivity index (χ1n) is 6.78. The zero-order valence-corrected chi connectivity index (χ0v) is 14.8. The standard InChI is InChI=1S/C14H16N2O4S3/c1-23(20)12(14(18)16-19)6-7-15-13(17)11-5-4-10(22-11)9-3-2-8-21-9/h2-5,8,12,19H,6-7H2,1H3,(H,15,17)(H,16,18)/p+1. The second-order valence-electron chi connectivity index (χ2n) is 4.72. The van der Waals surface area contributed by atoms with E-state index in [0.717, 1.165) is 9.75 Å². The quantitative estimate of drug-likeness (QED) is 0.298. The molecule has 2 unspecified atom stereocenters. The highest BCUT2D eigenvalue weighted by atomic mass is 32.2. The van der Waals surface area contributed by atoms with Crippen molar-refractivity contribution in [3.05, 3.63) is 34.5 Å². The maximum atomic E-state index is 12.1. The van der Waals surface area contributed by atoms with Gasteiger partial charge in [-0.3, -0.25) is 14.8 Å². The zero-order chi connectivity index (χ0) is 16.8. The molecule has 0 aliphatic carbocycles. The van der Waals surface area contributed by atoms with Gasteiger partial charge in [-0.2, -0.15) is 0 Å². The van der Waals surface area contributed by atoms with Gasteiger partial charge in [-0.25, -0.2) is 5.48 Å².